The van der Waals surface area contributed by atoms with Crippen molar-refractivity contribution in [3.8, 4) is 11.5 Å². The standard InChI is InChI=1S/C12H12O3P2/c1-3-7-11(8-4-1)13-16-15-17-14-12-9-5-2-6-10-12/h1-10,16-17H. The summed E-state index contributed by atoms with van der Waals surface area (Å²) in [6, 6.07) is 19.1. The lowest BCUT2D eigenvalue weighted by molar-refractivity contribution is 0.499. The molecule has 17 heavy (non-hydrogen) atoms. The van der Waals surface area contributed by atoms with Crippen molar-refractivity contribution in [3.63, 3.8) is 0 Å². The van der Waals surface area contributed by atoms with Crippen LogP contribution in [0.4, 0.5) is 0 Å². The molecule has 0 saturated heterocycles. The van der Waals surface area contributed by atoms with Crippen LogP contribution in [-0.2, 0) is 4.31 Å². The number of hydrogen-bond acceptors (Lipinski definition) is 3. The van der Waals surface area contributed by atoms with Crippen molar-refractivity contribution in [3.05, 3.63) is 60.7 Å². The summed E-state index contributed by atoms with van der Waals surface area (Å²) in [5.41, 5.74) is 0. The molecular weight excluding hydrogens is 254 g/mol. The molecule has 0 bridgehead atoms. The highest BCUT2D eigenvalue weighted by Crippen LogP contribution is 2.31. The SMILES string of the molecule is c1ccc(OPOPOc2ccccc2)cc1. The van der Waals surface area contributed by atoms with Crippen LogP contribution in [0.1, 0.15) is 0 Å². The summed E-state index contributed by atoms with van der Waals surface area (Å²) in [7, 11) is -0.103. The topological polar surface area (TPSA) is 27.7 Å². The average molecular weight is 266 g/mol. The van der Waals surface area contributed by atoms with Crippen molar-refractivity contribution in [2.24, 2.45) is 0 Å². The molecule has 2 aromatic carbocycles. The van der Waals surface area contributed by atoms with Crippen molar-refractivity contribution >= 4 is 18.1 Å². The summed E-state index contributed by atoms with van der Waals surface area (Å²) in [6.07, 6.45) is 0. The van der Waals surface area contributed by atoms with Gasteiger partial charge in [-0.25, -0.2) is 0 Å². The third-order valence-electron chi connectivity index (χ3n) is 1.89. The molecule has 2 atom stereocenters. The van der Waals surface area contributed by atoms with Gasteiger partial charge in [0, 0.05) is 0 Å². The molecule has 0 aromatic heterocycles. The molecule has 3 nitrogen and oxygen atoms in total. The molecule has 2 unspecified atom stereocenters. The van der Waals surface area contributed by atoms with E-state index in [9.17, 15) is 0 Å². The Morgan fingerprint density at radius 2 is 1.00 bits per heavy atom. The molecule has 0 N–H and O–H groups in total. The summed E-state index contributed by atoms with van der Waals surface area (Å²) in [6.45, 7) is 0. The molecule has 0 aliphatic heterocycles. The first-order valence-corrected chi connectivity index (χ1v) is 6.68. The van der Waals surface area contributed by atoms with E-state index < -0.39 is 0 Å². The molecule has 0 aliphatic rings. The second kappa shape index (κ2) is 7.24. The molecule has 2 rings (SSSR count). The highest BCUT2D eigenvalue weighted by Gasteiger charge is 1.94. The van der Waals surface area contributed by atoms with Crippen molar-refractivity contribution in [2.75, 3.05) is 0 Å². The van der Waals surface area contributed by atoms with Gasteiger partial charge in [0.05, 0.1) is 0 Å². The maximum Gasteiger partial charge on any atom is 0.221 e. The smallest absolute Gasteiger partial charge is 0.221 e. The largest absolute Gasteiger partial charge is 0.449 e. The number of benzene rings is 2. The Morgan fingerprint density at radius 3 is 1.41 bits per heavy atom. The highest BCUT2D eigenvalue weighted by atomic mass is 31.2. The summed E-state index contributed by atoms with van der Waals surface area (Å²) in [5, 5.41) is 0. The van der Waals surface area contributed by atoms with E-state index in [-0.39, 0.29) is 18.1 Å². The molecule has 5 heteroatoms. The summed E-state index contributed by atoms with van der Waals surface area (Å²) in [5.74, 6) is 1.60. The summed E-state index contributed by atoms with van der Waals surface area (Å²) < 4.78 is 16.0. The van der Waals surface area contributed by atoms with Gasteiger partial charge in [0.25, 0.3) is 0 Å². The van der Waals surface area contributed by atoms with Crippen LogP contribution in [0, 0.1) is 0 Å². The van der Waals surface area contributed by atoms with E-state index in [1.807, 2.05) is 60.7 Å². The van der Waals surface area contributed by atoms with Gasteiger partial charge in [-0.2, -0.15) is 0 Å². The van der Waals surface area contributed by atoms with Gasteiger partial charge in [0.1, 0.15) is 11.5 Å². The Hall–Kier alpha value is -1.14. The van der Waals surface area contributed by atoms with Gasteiger partial charge in [0.2, 0.25) is 18.1 Å². The van der Waals surface area contributed by atoms with Crippen molar-refractivity contribution in [2.45, 2.75) is 0 Å². The van der Waals surface area contributed by atoms with E-state index in [0.29, 0.717) is 0 Å². The van der Waals surface area contributed by atoms with Crippen LogP contribution in [0.3, 0.4) is 0 Å². The van der Waals surface area contributed by atoms with Crippen LogP contribution >= 0.6 is 18.1 Å². The Labute approximate surface area is 104 Å². The lowest BCUT2D eigenvalue weighted by Crippen LogP contribution is -1.80. The van der Waals surface area contributed by atoms with E-state index in [1.165, 1.54) is 0 Å². The van der Waals surface area contributed by atoms with Crippen LogP contribution in [0.2, 0.25) is 0 Å². The second-order valence-corrected chi connectivity index (χ2v) is 4.66. The Kier molecular flexibility index (Phi) is 5.25. The molecule has 0 spiro atoms. The predicted molar refractivity (Wildman–Crippen MR) is 71.9 cm³/mol. The average Bonchev–Trinajstić information content (AvgIpc) is 2.41. The normalized spacial score (nSPS) is 11.3. The number of hydrogen-bond donors (Lipinski definition) is 0. The fourth-order valence-electron chi connectivity index (χ4n) is 1.13. The third kappa shape index (κ3) is 4.70. The molecule has 0 heterocycles. The zero-order chi connectivity index (χ0) is 11.8. The van der Waals surface area contributed by atoms with Crippen LogP contribution in [0.25, 0.3) is 0 Å². The lowest BCUT2D eigenvalue weighted by Gasteiger charge is -2.06. The molecule has 0 fully saturated rings. The van der Waals surface area contributed by atoms with E-state index in [0.717, 1.165) is 11.5 Å². The lowest BCUT2D eigenvalue weighted by atomic mass is 10.3. The third-order valence-corrected chi connectivity index (χ3v) is 3.19. The molecular formula is C12H12O3P2. The van der Waals surface area contributed by atoms with Gasteiger partial charge < -0.3 is 9.05 Å². The van der Waals surface area contributed by atoms with Crippen LogP contribution < -0.4 is 9.05 Å². The molecule has 0 radical (unpaired) electrons. The maximum absolute atomic E-state index is 5.38. The van der Waals surface area contributed by atoms with Gasteiger partial charge in [-0.05, 0) is 24.3 Å². The molecule has 0 aliphatic carbocycles. The summed E-state index contributed by atoms with van der Waals surface area (Å²) >= 11 is 0. The van der Waals surface area contributed by atoms with Crippen LogP contribution in [0.15, 0.2) is 60.7 Å². The van der Waals surface area contributed by atoms with Crippen molar-refractivity contribution in [1.29, 1.82) is 0 Å². The van der Waals surface area contributed by atoms with Gasteiger partial charge in [0.15, 0.2) is 0 Å². The van der Waals surface area contributed by atoms with E-state index >= 15 is 0 Å². The van der Waals surface area contributed by atoms with E-state index in [1.54, 1.807) is 0 Å². The molecule has 2 aromatic rings. The summed E-state index contributed by atoms with van der Waals surface area (Å²) in [4.78, 5) is 0. The first-order chi connectivity index (χ1) is 8.45. The number of para-hydroxylation sites is 2. The Morgan fingerprint density at radius 1 is 0.588 bits per heavy atom. The quantitative estimate of drug-likeness (QED) is 0.580. The van der Waals surface area contributed by atoms with Gasteiger partial charge >= 0.3 is 0 Å². The Balaban J connectivity index is 1.61. The Bertz CT molecular complexity index is 381. The monoisotopic (exact) mass is 266 g/mol. The number of rotatable bonds is 6. The molecule has 88 valence electrons. The van der Waals surface area contributed by atoms with Gasteiger partial charge in [-0.15, -0.1) is 0 Å². The van der Waals surface area contributed by atoms with Gasteiger partial charge in [-0.3, -0.25) is 4.31 Å². The van der Waals surface area contributed by atoms with Gasteiger partial charge in [-0.1, -0.05) is 36.4 Å². The maximum atomic E-state index is 5.38. The molecule has 0 saturated carbocycles. The fourth-order valence-corrected chi connectivity index (χ4v) is 2.07. The minimum Gasteiger partial charge on any atom is -0.449 e. The molecule has 0 amide bonds. The van der Waals surface area contributed by atoms with Crippen LogP contribution in [0.5, 0.6) is 11.5 Å². The van der Waals surface area contributed by atoms with E-state index in [4.69, 9.17) is 13.4 Å². The minimum atomic E-state index is -0.0513. The van der Waals surface area contributed by atoms with E-state index in [2.05, 4.69) is 0 Å². The first kappa shape index (κ1) is 12.3. The highest BCUT2D eigenvalue weighted by molar-refractivity contribution is 7.41. The zero-order valence-electron chi connectivity index (χ0n) is 9.00. The predicted octanol–water partition coefficient (Wildman–Crippen LogP) is 4.18. The second-order valence-electron chi connectivity index (χ2n) is 3.10. The van der Waals surface area contributed by atoms with Crippen molar-refractivity contribution in [1.82, 2.24) is 0 Å². The fraction of sp³-hybridized carbons (Fsp3) is 0. The zero-order valence-corrected chi connectivity index (χ0v) is 11.0. The van der Waals surface area contributed by atoms with Crippen LogP contribution in [-0.4, -0.2) is 0 Å². The van der Waals surface area contributed by atoms with Crippen molar-refractivity contribution < 1.29 is 13.4 Å². The minimum absolute atomic E-state index is 0.0513. The first-order valence-electron chi connectivity index (χ1n) is 5.05.